The number of carbonyl (C=O) groups is 1. The predicted octanol–water partition coefficient (Wildman–Crippen LogP) is 2.29. The number of hydrogen-bond acceptors (Lipinski definition) is 4. The molecule has 0 saturated heterocycles. The van der Waals surface area contributed by atoms with Crippen molar-refractivity contribution in [2.45, 2.75) is 24.8 Å². The SMILES string of the molecule is CC(C)[C@H](NS(=O)(=O)c1csc2ccccc12)C(=O)O. The van der Waals surface area contributed by atoms with Crippen molar-refractivity contribution in [3.05, 3.63) is 29.6 Å². The standard InChI is InChI=1S/C13H15NO4S2/c1-8(2)12(13(15)16)14-20(17,18)11-7-19-10-6-4-3-5-9(10)11/h3-8,12,14H,1-2H3,(H,15,16)/t12-/m0/s1. The topological polar surface area (TPSA) is 83.5 Å². The molecule has 7 heteroatoms. The summed E-state index contributed by atoms with van der Waals surface area (Å²) in [6.07, 6.45) is 0. The van der Waals surface area contributed by atoms with Crippen molar-refractivity contribution in [3.8, 4) is 0 Å². The van der Waals surface area contributed by atoms with E-state index in [1.54, 1.807) is 26.0 Å². The Morgan fingerprint density at radius 1 is 1.30 bits per heavy atom. The lowest BCUT2D eigenvalue weighted by Crippen LogP contribution is -2.44. The largest absolute Gasteiger partial charge is 0.480 e. The van der Waals surface area contributed by atoms with Gasteiger partial charge in [-0.1, -0.05) is 32.0 Å². The second kappa shape index (κ2) is 5.51. The molecule has 0 saturated carbocycles. The summed E-state index contributed by atoms with van der Waals surface area (Å²) in [4.78, 5) is 11.3. The Hall–Kier alpha value is -1.44. The molecular weight excluding hydrogens is 298 g/mol. The van der Waals surface area contributed by atoms with E-state index in [1.165, 1.54) is 16.7 Å². The molecule has 1 aromatic heterocycles. The summed E-state index contributed by atoms with van der Waals surface area (Å²) < 4.78 is 27.8. The van der Waals surface area contributed by atoms with Crippen molar-refractivity contribution in [3.63, 3.8) is 0 Å². The molecule has 0 fully saturated rings. The Morgan fingerprint density at radius 3 is 2.55 bits per heavy atom. The van der Waals surface area contributed by atoms with Crippen LogP contribution in [0.5, 0.6) is 0 Å². The molecule has 1 atom stereocenters. The zero-order valence-electron chi connectivity index (χ0n) is 11.0. The fourth-order valence-electron chi connectivity index (χ4n) is 1.86. The number of nitrogens with one attached hydrogen (secondary N) is 1. The molecule has 108 valence electrons. The van der Waals surface area contributed by atoms with Crippen molar-refractivity contribution in [1.82, 2.24) is 4.72 Å². The average molecular weight is 313 g/mol. The van der Waals surface area contributed by atoms with Crippen LogP contribution < -0.4 is 4.72 Å². The Kier molecular flexibility index (Phi) is 4.12. The van der Waals surface area contributed by atoms with E-state index in [-0.39, 0.29) is 10.8 Å². The summed E-state index contributed by atoms with van der Waals surface area (Å²) in [5, 5.41) is 11.2. The third kappa shape index (κ3) is 2.84. The van der Waals surface area contributed by atoms with E-state index in [0.29, 0.717) is 5.39 Å². The Labute approximate surface area is 121 Å². The fraction of sp³-hybridized carbons (Fsp3) is 0.308. The third-order valence-electron chi connectivity index (χ3n) is 2.95. The molecule has 20 heavy (non-hydrogen) atoms. The van der Waals surface area contributed by atoms with E-state index in [2.05, 4.69) is 4.72 Å². The Morgan fingerprint density at radius 2 is 1.95 bits per heavy atom. The molecule has 2 rings (SSSR count). The second-order valence-corrected chi connectivity index (χ2v) is 7.37. The van der Waals surface area contributed by atoms with E-state index in [9.17, 15) is 13.2 Å². The van der Waals surface area contributed by atoms with Crippen molar-refractivity contribution in [1.29, 1.82) is 0 Å². The molecule has 0 aliphatic heterocycles. The van der Waals surface area contributed by atoms with E-state index in [1.807, 2.05) is 12.1 Å². The number of hydrogen-bond donors (Lipinski definition) is 2. The lowest BCUT2D eigenvalue weighted by atomic mass is 10.1. The molecule has 2 N–H and O–H groups in total. The first-order chi connectivity index (χ1) is 9.33. The molecule has 0 radical (unpaired) electrons. The van der Waals surface area contributed by atoms with Crippen LogP contribution in [-0.2, 0) is 14.8 Å². The van der Waals surface area contributed by atoms with Crippen LogP contribution in [0.2, 0.25) is 0 Å². The summed E-state index contributed by atoms with van der Waals surface area (Å²) in [7, 11) is -3.85. The normalized spacial score (nSPS) is 13.8. The highest BCUT2D eigenvalue weighted by Crippen LogP contribution is 2.29. The second-order valence-electron chi connectivity index (χ2n) is 4.78. The number of thiophene rings is 1. The smallest absolute Gasteiger partial charge is 0.322 e. The average Bonchev–Trinajstić information content (AvgIpc) is 2.80. The molecular formula is C13H15NO4S2. The first kappa shape index (κ1) is 15.0. The zero-order chi connectivity index (χ0) is 14.9. The summed E-state index contributed by atoms with van der Waals surface area (Å²) >= 11 is 1.32. The highest BCUT2D eigenvalue weighted by atomic mass is 32.2. The molecule has 0 aliphatic rings. The van der Waals surface area contributed by atoms with Gasteiger partial charge in [0.2, 0.25) is 10.0 Å². The van der Waals surface area contributed by atoms with Crippen LogP contribution >= 0.6 is 11.3 Å². The molecule has 0 amide bonds. The van der Waals surface area contributed by atoms with Crippen LogP contribution in [0.25, 0.3) is 10.1 Å². The van der Waals surface area contributed by atoms with Gasteiger partial charge in [-0.2, -0.15) is 4.72 Å². The minimum Gasteiger partial charge on any atom is -0.480 e. The van der Waals surface area contributed by atoms with E-state index in [0.717, 1.165) is 4.70 Å². The fourth-order valence-corrected chi connectivity index (χ4v) is 4.70. The highest BCUT2D eigenvalue weighted by Gasteiger charge is 2.29. The summed E-state index contributed by atoms with van der Waals surface area (Å²) in [6.45, 7) is 3.32. The van der Waals surface area contributed by atoms with Gasteiger partial charge in [-0.25, -0.2) is 8.42 Å². The number of aliphatic carboxylic acids is 1. The van der Waals surface area contributed by atoms with Gasteiger partial charge in [0.15, 0.2) is 0 Å². The lowest BCUT2D eigenvalue weighted by molar-refractivity contribution is -0.140. The van der Waals surface area contributed by atoms with Gasteiger partial charge in [-0.15, -0.1) is 11.3 Å². The Balaban J connectivity index is 2.42. The number of fused-ring (bicyclic) bond motifs is 1. The number of sulfonamides is 1. The van der Waals surface area contributed by atoms with Gasteiger partial charge >= 0.3 is 5.97 Å². The van der Waals surface area contributed by atoms with Gasteiger partial charge in [-0.3, -0.25) is 4.79 Å². The van der Waals surface area contributed by atoms with E-state index < -0.39 is 22.0 Å². The highest BCUT2D eigenvalue weighted by molar-refractivity contribution is 7.90. The molecule has 1 aromatic carbocycles. The minimum atomic E-state index is -3.85. The van der Waals surface area contributed by atoms with Crippen LogP contribution in [0.15, 0.2) is 34.5 Å². The third-order valence-corrected chi connectivity index (χ3v) is 5.54. The zero-order valence-corrected chi connectivity index (χ0v) is 12.7. The maximum atomic E-state index is 12.4. The van der Waals surface area contributed by atoms with E-state index >= 15 is 0 Å². The van der Waals surface area contributed by atoms with Crippen LogP contribution in [-0.4, -0.2) is 25.5 Å². The maximum absolute atomic E-state index is 12.4. The quantitative estimate of drug-likeness (QED) is 0.887. The van der Waals surface area contributed by atoms with Crippen LogP contribution in [0.3, 0.4) is 0 Å². The monoisotopic (exact) mass is 313 g/mol. The van der Waals surface area contributed by atoms with Gasteiger partial charge in [0.1, 0.15) is 10.9 Å². The van der Waals surface area contributed by atoms with Crippen LogP contribution in [0.4, 0.5) is 0 Å². The van der Waals surface area contributed by atoms with Crippen molar-refractivity contribution in [2.75, 3.05) is 0 Å². The number of carboxylic acids is 1. The van der Waals surface area contributed by atoms with Crippen LogP contribution in [0, 0.1) is 5.92 Å². The molecule has 5 nitrogen and oxygen atoms in total. The number of rotatable bonds is 5. The van der Waals surface area contributed by atoms with Gasteiger partial charge < -0.3 is 5.11 Å². The number of benzene rings is 1. The first-order valence-electron chi connectivity index (χ1n) is 6.04. The lowest BCUT2D eigenvalue weighted by Gasteiger charge is -2.17. The summed E-state index contributed by atoms with van der Waals surface area (Å²) in [5.74, 6) is -1.52. The summed E-state index contributed by atoms with van der Waals surface area (Å²) in [6, 6.07) is 5.99. The van der Waals surface area contributed by atoms with Crippen molar-refractivity contribution >= 4 is 37.4 Å². The molecule has 0 aliphatic carbocycles. The Bertz CT molecular complexity index is 734. The number of carboxylic acid groups (broad SMARTS) is 1. The molecule has 0 bridgehead atoms. The first-order valence-corrected chi connectivity index (χ1v) is 8.40. The van der Waals surface area contributed by atoms with Crippen molar-refractivity contribution in [2.24, 2.45) is 5.92 Å². The van der Waals surface area contributed by atoms with Gasteiger partial charge in [0.25, 0.3) is 0 Å². The maximum Gasteiger partial charge on any atom is 0.322 e. The van der Waals surface area contributed by atoms with E-state index in [4.69, 9.17) is 5.11 Å². The van der Waals surface area contributed by atoms with Crippen molar-refractivity contribution < 1.29 is 18.3 Å². The molecule has 1 heterocycles. The molecule has 0 spiro atoms. The minimum absolute atomic E-state index is 0.130. The van der Waals surface area contributed by atoms with Gasteiger partial charge in [0, 0.05) is 15.5 Å². The van der Waals surface area contributed by atoms with Crippen LogP contribution in [0.1, 0.15) is 13.8 Å². The molecule has 2 aromatic rings. The van der Waals surface area contributed by atoms with Gasteiger partial charge in [0.05, 0.1) is 0 Å². The predicted molar refractivity (Wildman–Crippen MR) is 78.4 cm³/mol. The summed E-state index contributed by atoms with van der Waals surface area (Å²) in [5.41, 5.74) is 0. The molecule has 0 unspecified atom stereocenters. The van der Waals surface area contributed by atoms with Gasteiger partial charge in [-0.05, 0) is 12.0 Å².